The van der Waals surface area contributed by atoms with Gasteiger partial charge in [0.25, 0.3) is 5.91 Å². The molecule has 1 saturated heterocycles. The number of amides is 1. The lowest BCUT2D eigenvalue weighted by Gasteiger charge is -2.27. The average molecular weight is 404 g/mol. The summed E-state index contributed by atoms with van der Waals surface area (Å²) >= 11 is 6.86. The van der Waals surface area contributed by atoms with Crippen molar-refractivity contribution in [3.8, 4) is 0 Å². The molecule has 1 amide bonds. The highest BCUT2D eigenvalue weighted by molar-refractivity contribution is 9.11. The smallest absolute Gasteiger partial charge is 0.253 e. The molecule has 1 aromatic rings. The molecule has 5 heteroatoms. The van der Waals surface area contributed by atoms with Gasteiger partial charge in [-0.2, -0.15) is 0 Å². The van der Waals surface area contributed by atoms with E-state index in [2.05, 4.69) is 43.7 Å². The highest BCUT2D eigenvalue weighted by Gasteiger charge is 2.26. The van der Waals surface area contributed by atoms with Gasteiger partial charge >= 0.3 is 0 Å². The largest absolute Gasteiger partial charge is 0.340 e. The summed E-state index contributed by atoms with van der Waals surface area (Å²) < 4.78 is 1.83. The van der Waals surface area contributed by atoms with Gasteiger partial charge in [0.1, 0.15) is 0 Å². The monoisotopic (exact) mass is 402 g/mol. The normalized spacial score (nSPS) is 19.3. The molecule has 0 N–H and O–H groups in total. The first-order chi connectivity index (χ1) is 9.51. The van der Waals surface area contributed by atoms with Crippen molar-refractivity contribution in [3.63, 3.8) is 0 Å². The quantitative estimate of drug-likeness (QED) is 0.763. The number of carbonyl (C=O) groups is 1. The van der Waals surface area contributed by atoms with Crippen molar-refractivity contribution in [3.05, 3.63) is 32.7 Å². The number of nitrogens with zero attached hydrogens (tertiary/aromatic N) is 2. The van der Waals surface area contributed by atoms with Crippen LogP contribution in [0.4, 0.5) is 0 Å². The second-order valence-electron chi connectivity index (χ2n) is 5.27. The van der Waals surface area contributed by atoms with Crippen LogP contribution in [0, 0.1) is 0 Å². The number of likely N-dealkylation sites (tertiary alicyclic amines) is 1. The summed E-state index contributed by atoms with van der Waals surface area (Å²) in [5, 5.41) is 0. The lowest BCUT2D eigenvalue weighted by atomic mass is 10.1. The molecule has 1 heterocycles. The molecule has 1 aliphatic heterocycles. The Morgan fingerprint density at radius 1 is 1.35 bits per heavy atom. The Kier molecular flexibility index (Phi) is 5.64. The predicted molar refractivity (Wildman–Crippen MR) is 89.1 cm³/mol. The van der Waals surface area contributed by atoms with E-state index >= 15 is 0 Å². The van der Waals surface area contributed by atoms with Crippen LogP contribution in [0.1, 0.15) is 30.1 Å². The van der Waals surface area contributed by atoms with E-state index in [0.717, 1.165) is 34.1 Å². The third-order valence-electron chi connectivity index (χ3n) is 3.85. The molecule has 1 aliphatic rings. The Labute approximate surface area is 137 Å². The first-order valence-corrected chi connectivity index (χ1v) is 8.55. The van der Waals surface area contributed by atoms with E-state index in [4.69, 9.17) is 0 Å². The van der Waals surface area contributed by atoms with Gasteiger partial charge in [0.2, 0.25) is 0 Å². The standard InChI is InChI=1S/C15H20Br2N2O/c1-3-19-6-4-5-14(19)10-18(2)15(20)11-7-12(16)9-13(17)8-11/h7-9,14H,3-6,10H2,1-2H3. The first-order valence-electron chi connectivity index (χ1n) is 6.97. The summed E-state index contributed by atoms with van der Waals surface area (Å²) in [6.45, 7) is 5.21. The zero-order valence-corrected chi connectivity index (χ0v) is 15.1. The van der Waals surface area contributed by atoms with Crippen LogP contribution in [0.25, 0.3) is 0 Å². The third-order valence-corrected chi connectivity index (χ3v) is 4.76. The molecule has 0 saturated carbocycles. The predicted octanol–water partition coefficient (Wildman–Crippen LogP) is 3.77. The van der Waals surface area contributed by atoms with E-state index in [9.17, 15) is 4.79 Å². The van der Waals surface area contributed by atoms with Crippen molar-refractivity contribution in [2.45, 2.75) is 25.8 Å². The fraction of sp³-hybridized carbons (Fsp3) is 0.533. The number of likely N-dealkylation sites (N-methyl/N-ethyl adjacent to an activating group) is 2. The summed E-state index contributed by atoms with van der Waals surface area (Å²) in [5.74, 6) is 0.0787. The minimum Gasteiger partial charge on any atom is -0.340 e. The van der Waals surface area contributed by atoms with Crippen LogP contribution in [0.2, 0.25) is 0 Å². The van der Waals surface area contributed by atoms with Crippen LogP contribution in [0.5, 0.6) is 0 Å². The molecule has 20 heavy (non-hydrogen) atoms. The topological polar surface area (TPSA) is 23.6 Å². The molecule has 110 valence electrons. The Hall–Kier alpha value is -0.390. The zero-order chi connectivity index (χ0) is 14.7. The Morgan fingerprint density at radius 2 is 2.00 bits per heavy atom. The van der Waals surface area contributed by atoms with Gasteiger partial charge in [-0.15, -0.1) is 0 Å². The van der Waals surface area contributed by atoms with Crippen LogP contribution in [-0.4, -0.2) is 48.4 Å². The second-order valence-corrected chi connectivity index (χ2v) is 7.10. The van der Waals surface area contributed by atoms with Gasteiger partial charge in [-0.1, -0.05) is 38.8 Å². The molecule has 0 bridgehead atoms. The van der Waals surface area contributed by atoms with E-state index in [0.29, 0.717) is 6.04 Å². The van der Waals surface area contributed by atoms with Gasteiger partial charge in [-0.25, -0.2) is 0 Å². The van der Waals surface area contributed by atoms with Gasteiger partial charge in [0.15, 0.2) is 0 Å². The molecular weight excluding hydrogens is 384 g/mol. The molecule has 1 fully saturated rings. The van der Waals surface area contributed by atoms with E-state index in [1.807, 2.05) is 30.1 Å². The van der Waals surface area contributed by atoms with Crippen LogP contribution in [-0.2, 0) is 0 Å². The number of halogens is 2. The highest BCUT2D eigenvalue weighted by atomic mass is 79.9. The molecule has 0 aromatic heterocycles. The Balaban J connectivity index is 2.04. The average Bonchev–Trinajstić information content (AvgIpc) is 2.83. The highest BCUT2D eigenvalue weighted by Crippen LogP contribution is 2.22. The minimum atomic E-state index is 0.0787. The van der Waals surface area contributed by atoms with Crippen LogP contribution < -0.4 is 0 Å². The van der Waals surface area contributed by atoms with Crippen LogP contribution in [0.15, 0.2) is 27.1 Å². The van der Waals surface area contributed by atoms with Crippen molar-refractivity contribution in [1.29, 1.82) is 0 Å². The molecule has 0 aliphatic carbocycles. The fourth-order valence-electron chi connectivity index (χ4n) is 2.81. The van der Waals surface area contributed by atoms with E-state index < -0.39 is 0 Å². The van der Waals surface area contributed by atoms with Crippen molar-refractivity contribution < 1.29 is 4.79 Å². The van der Waals surface area contributed by atoms with Crippen molar-refractivity contribution in [2.24, 2.45) is 0 Å². The maximum absolute atomic E-state index is 12.5. The van der Waals surface area contributed by atoms with Crippen molar-refractivity contribution >= 4 is 37.8 Å². The molecule has 1 unspecified atom stereocenters. The first kappa shape index (κ1) is 16.0. The SMILES string of the molecule is CCN1CCCC1CN(C)C(=O)c1cc(Br)cc(Br)c1. The van der Waals surface area contributed by atoms with Gasteiger partial charge in [0.05, 0.1) is 0 Å². The number of hydrogen-bond donors (Lipinski definition) is 0. The summed E-state index contributed by atoms with van der Waals surface area (Å²) in [5.41, 5.74) is 0.717. The Morgan fingerprint density at radius 3 is 2.60 bits per heavy atom. The second kappa shape index (κ2) is 7.05. The number of benzene rings is 1. The number of hydrogen-bond acceptors (Lipinski definition) is 2. The van der Waals surface area contributed by atoms with Gasteiger partial charge in [0, 0.05) is 34.1 Å². The van der Waals surface area contributed by atoms with Crippen molar-refractivity contribution in [1.82, 2.24) is 9.80 Å². The van der Waals surface area contributed by atoms with Crippen molar-refractivity contribution in [2.75, 3.05) is 26.7 Å². The lowest BCUT2D eigenvalue weighted by molar-refractivity contribution is 0.0754. The minimum absolute atomic E-state index is 0.0787. The lowest BCUT2D eigenvalue weighted by Crippen LogP contribution is -2.41. The maximum Gasteiger partial charge on any atom is 0.253 e. The van der Waals surface area contributed by atoms with Gasteiger partial charge < -0.3 is 4.90 Å². The van der Waals surface area contributed by atoms with Gasteiger partial charge in [-0.05, 0) is 44.1 Å². The fourth-order valence-corrected chi connectivity index (χ4v) is 4.11. The molecule has 0 spiro atoms. The third kappa shape index (κ3) is 3.83. The van der Waals surface area contributed by atoms with Gasteiger partial charge in [-0.3, -0.25) is 9.69 Å². The maximum atomic E-state index is 12.5. The van der Waals surface area contributed by atoms with E-state index in [-0.39, 0.29) is 5.91 Å². The summed E-state index contributed by atoms with van der Waals surface area (Å²) in [7, 11) is 1.89. The number of rotatable bonds is 4. The molecule has 1 atom stereocenters. The molecule has 1 aromatic carbocycles. The molecular formula is C15H20Br2N2O. The van der Waals surface area contributed by atoms with E-state index in [1.165, 1.54) is 12.8 Å². The summed E-state index contributed by atoms with van der Waals surface area (Å²) in [6, 6.07) is 6.18. The summed E-state index contributed by atoms with van der Waals surface area (Å²) in [6.07, 6.45) is 2.43. The number of carbonyl (C=O) groups excluding carboxylic acids is 1. The Bertz CT molecular complexity index is 473. The molecule has 2 rings (SSSR count). The summed E-state index contributed by atoms with van der Waals surface area (Å²) in [4.78, 5) is 16.8. The van der Waals surface area contributed by atoms with E-state index in [1.54, 1.807) is 0 Å². The molecule has 0 radical (unpaired) electrons. The van der Waals surface area contributed by atoms with Crippen LogP contribution in [0.3, 0.4) is 0 Å². The van der Waals surface area contributed by atoms with Crippen LogP contribution >= 0.6 is 31.9 Å². The molecule has 3 nitrogen and oxygen atoms in total. The zero-order valence-electron chi connectivity index (χ0n) is 11.9.